The minimum atomic E-state index is -4.53. The number of sulfone groups is 1. The molecule has 1 aromatic heterocycles. The number of carbonyl (C=O) groups excluding carboxylic acids is 1. The van der Waals surface area contributed by atoms with Gasteiger partial charge in [-0.25, -0.2) is 13.4 Å². The van der Waals surface area contributed by atoms with Crippen LogP contribution in [0.15, 0.2) is 35.2 Å². The number of fused-ring (bicyclic) bond motifs is 1. The van der Waals surface area contributed by atoms with Gasteiger partial charge in [-0.15, -0.1) is 0 Å². The Labute approximate surface area is 172 Å². The third kappa shape index (κ3) is 4.75. The van der Waals surface area contributed by atoms with Crippen LogP contribution in [0, 0.1) is 0 Å². The number of aromatic nitrogens is 1. The second kappa shape index (κ2) is 7.90. The van der Waals surface area contributed by atoms with Crippen molar-refractivity contribution in [1.29, 1.82) is 0 Å². The molecule has 2 heterocycles. The second-order valence-electron chi connectivity index (χ2n) is 7.37. The van der Waals surface area contributed by atoms with Crippen molar-refractivity contribution in [2.75, 3.05) is 12.8 Å². The minimum Gasteiger partial charge on any atom is -0.490 e. The summed E-state index contributed by atoms with van der Waals surface area (Å²) in [5.74, 6) is -0.208. The molecule has 0 atom stereocenters. The van der Waals surface area contributed by atoms with Gasteiger partial charge in [-0.3, -0.25) is 4.79 Å². The van der Waals surface area contributed by atoms with Crippen LogP contribution in [0.4, 0.5) is 13.2 Å². The Bertz CT molecular complexity index is 1080. The first kappa shape index (κ1) is 22.1. The normalized spacial score (nSPS) is 14.6. The molecular weight excluding hydrogens is 421 g/mol. The average molecular weight is 442 g/mol. The maximum atomic E-state index is 13.2. The molecule has 10 heteroatoms. The lowest BCUT2D eigenvalue weighted by atomic mass is 10.0. The van der Waals surface area contributed by atoms with Crippen LogP contribution in [0.5, 0.6) is 5.75 Å². The standard InChI is InChI=1S/C20H21F3N2O4S/c1-12(2)29-17-6-5-14(30(3,27)28)10-15(17)19(26)25-9-8-16-13(11-25)4-7-18(24-16)20(21,22)23/h4-7,10,12H,8-9,11H2,1-3H3. The highest BCUT2D eigenvalue weighted by Crippen LogP contribution is 2.31. The van der Waals surface area contributed by atoms with Crippen LogP contribution in [-0.2, 0) is 29.0 Å². The lowest BCUT2D eigenvalue weighted by Gasteiger charge is -2.29. The number of pyridine rings is 1. The highest BCUT2D eigenvalue weighted by atomic mass is 32.2. The van der Waals surface area contributed by atoms with Crippen molar-refractivity contribution in [3.63, 3.8) is 0 Å². The zero-order valence-corrected chi connectivity index (χ0v) is 17.5. The number of amides is 1. The van der Waals surface area contributed by atoms with Crippen LogP contribution in [0.2, 0.25) is 0 Å². The van der Waals surface area contributed by atoms with Crippen LogP contribution in [-0.4, -0.2) is 43.1 Å². The van der Waals surface area contributed by atoms with E-state index in [9.17, 15) is 26.4 Å². The molecule has 3 rings (SSSR count). The van der Waals surface area contributed by atoms with Crippen molar-refractivity contribution in [2.24, 2.45) is 0 Å². The van der Waals surface area contributed by atoms with Gasteiger partial charge in [-0.1, -0.05) is 6.07 Å². The van der Waals surface area contributed by atoms with Gasteiger partial charge in [-0.2, -0.15) is 13.2 Å². The predicted octanol–water partition coefficient (Wildman–Crippen LogP) is 3.49. The van der Waals surface area contributed by atoms with Gasteiger partial charge in [0.15, 0.2) is 9.84 Å². The lowest BCUT2D eigenvalue weighted by Crippen LogP contribution is -2.37. The Balaban J connectivity index is 1.93. The van der Waals surface area contributed by atoms with Crippen LogP contribution in [0.1, 0.15) is 41.2 Å². The third-order valence-electron chi connectivity index (χ3n) is 4.60. The fraction of sp³-hybridized carbons (Fsp3) is 0.400. The van der Waals surface area contributed by atoms with Crippen LogP contribution >= 0.6 is 0 Å². The van der Waals surface area contributed by atoms with Gasteiger partial charge in [0.25, 0.3) is 5.91 Å². The smallest absolute Gasteiger partial charge is 0.433 e. The Morgan fingerprint density at radius 2 is 1.90 bits per heavy atom. The molecule has 0 aliphatic carbocycles. The number of hydrogen-bond acceptors (Lipinski definition) is 5. The molecule has 162 valence electrons. The zero-order valence-electron chi connectivity index (χ0n) is 16.7. The summed E-state index contributed by atoms with van der Waals surface area (Å²) in [6.45, 7) is 3.79. The number of rotatable bonds is 4. The SMILES string of the molecule is CC(C)Oc1ccc(S(C)(=O)=O)cc1C(=O)N1CCc2nc(C(F)(F)F)ccc2C1. The Morgan fingerprint density at radius 3 is 2.50 bits per heavy atom. The number of hydrogen-bond donors (Lipinski definition) is 0. The molecule has 30 heavy (non-hydrogen) atoms. The van der Waals surface area contributed by atoms with E-state index >= 15 is 0 Å². The number of halogens is 3. The maximum absolute atomic E-state index is 13.2. The van der Waals surface area contributed by atoms with Crippen molar-refractivity contribution in [2.45, 2.75) is 44.0 Å². The van der Waals surface area contributed by atoms with E-state index in [1.807, 2.05) is 0 Å². The molecule has 0 unspecified atom stereocenters. The van der Waals surface area contributed by atoms with Gasteiger partial charge in [0.2, 0.25) is 0 Å². The fourth-order valence-corrected chi connectivity index (χ4v) is 3.83. The molecule has 2 aromatic rings. The van der Waals surface area contributed by atoms with E-state index < -0.39 is 27.6 Å². The molecule has 0 saturated carbocycles. The molecule has 1 aromatic carbocycles. The molecule has 0 saturated heterocycles. The van der Waals surface area contributed by atoms with Crippen molar-refractivity contribution >= 4 is 15.7 Å². The van der Waals surface area contributed by atoms with Crippen molar-refractivity contribution in [1.82, 2.24) is 9.88 Å². The fourth-order valence-electron chi connectivity index (χ4n) is 3.18. The first-order valence-corrected chi connectivity index (χ1v) is 11.1. The van der Waals surface area contributed by atoms with Gasteiger partial charge in [0, 0.05) is 31.5 Å². The summed E-state index contributed by atoms with van der Waals surface area (Å²) in [4.78, 5) is 18.3. The van der Waals surface area contributed by atoms with Gasteiger partial charge >= 0.3 is 6.18 Å². The van der Waals surface area contributed by atoms with Crippen LogP contribution in [0.3, 0.4) is 0 Å². The Kier molecular flexibility index (Phi) is 5.81. The number of carbonyl (C=O) groups is 1. The van der Waals surface area contributed by atoms with Gasteiger partial charge in [-0.05, 0) is 43.7 Å². The highest BCUT2D eigenvalue weighted by Gasteiger charge is 2.34. The maximum Gasteiger partial charge on any atom is 0.433 e. The highest BCUT2D eigenvalue weighted by molar-refractivity contribution is 7.90. The van der Waals surface area contributed by atoms with E-state index in [2.05, 4.69) is 4.98 Å². The summed E-state index contributed by atoms with van der Waals surface area (Å²) in [6, 6.07) is 6.31. The summed E-state index contributed by atoms with van der Waals surface area (Å²) in [5.41, 5.74) is -0.0462. The number of benzene rings is 1. The molecule has 6 nitrogen and oxygen atoms in total. The lowest BCUT2D eigenvalue weighted by molar-refractivity contribution is -0.141. The number of ether oxygens (including phenoxy) is 1. The third-order valence-corrected chi connectivity index (χ3v) is 5.71. The van der Waals surface area contributed by atoms with Crippen molar-refractivity contribution in [3.05, 3.63) is 52.8 Å². The van der Waals surface area contributed by atoms with E-state index in [1.54, 1.807) is 13.8 Å². The van der Waals surface area contributed by atoms with Crippen molar-refractivity contribution in [3.8, 4) is 5.75 Å². The molecule has 1 amide bonds. The molecule has 1 aliphatic rings. The Hall–Kier alpha value is -2.62. The molecule has 0 bridgehead atoms. The molecular formula is C20H21F3N2O4S. The molecule has 0 fully saturated rings. The van der Waals surface area contributed by atoms with Gasteiger partial charge in [0.1, 0.15) is 11.4 Å². The summed E-state index contributed by atoms with van der Waals surface area (Å²) in [7, 11) is -3.55. The van der Waals surface area contributed by atoms with E-state index in [0.29, 0.717) is 11.3 Å². The molecule has 1 aliphatic heterocycles. The summed E-state index contributed by atoms with van der Waals surface area (Å²) in [5, 5.41) is 0. The molecule has 0 N–H and O–H groups in total. The predicted molar refractivity (Wildman–Crippen MR) is 103 cm³/mol. The Morgan fingerprint density at radius 1 is 1.20 bits per heavy atom. The molecule has 0 radical (unpaired) electrons. The first-order chi connectivity index (χ1) is 13.9. The van der Waals surface area contributed by atoms with Crippen LogP contribution < -0.4 is 4.74 Å². The first-order valence-electron chi connectivity index (χ1n) is 9.22. The quantitative estimate of drug-likeness (QED) is 0.725. The average Bonchev–Trinajstić information content (AvgIpc) is 2.65. The minimum absolute atomic E-state index is 0.0177. The number of nitrogens with zero attached hydrogens (tertiary/aromatic N) is 2. The van der Waals surface area contributed by atoms with E-state index in [4.69, 9.17) is 4.74 Å². The summed E-state index contributed by atoms with van der Waals surface area (Å²) >= 11 is 0. The van der Waals surface area contributed by atoms with E-state index in [1.165, 1.54) is 29.2 Å². The monoisotopic (exact) mass is 442 g/mol. The second-order valence-corrected chi connectivity index (χ2v) is 9.39. The topological polar surface area (TPSA) is 76.6 Å². The summed E-state index contributed by atoms with van der Waals surface area (Å²) in [6.07, 6.45) is -3.57. The van der Waals surface area contributed by atoms with Gasteiger partial charge < -0.3 is 9.64 Å². The van der Waals surface area contributed by atoms with Crippen LogP contribution in [0.25, 0.3) is 0 Å². The molecule has 0 spiro atoms. The van der Waals surface area contributed by atoms with Gasteiger partial charge in [0.05, 0.1) is 16.6 Å². The zero-order chi connectivity index (χ0) is 22.3. The largest absolute Gasteiger partial charge is 0.490 e. The van der Waals surface area contributed by atoms with Crippen molar-refractivity contribution < 1.29 is 31.1 Å². The summed E-state index contributed by atoms with van der Waals surface area (Å²) < 4.78 is 68.2. The number of alkyl halides is 3. The van der Waals surface area contributed by atoms with E-state index in [-0.39, 0.29) is 41.8 Å². The van der Waals surface area contributed by atoms with E-state index in [0.717, 1.165) is 12.3 Å².